The SMILES string of the molecule is Cc1c(-c2ccc(N3C[C@@H]4[C@H](N)[C@@H]4C3)cc2)[nH]c(=O)c(C(=O)O)c1O. The van der Waals surface area contributed by atoms with Crippen molar-refractivity contribution in [1.29, 1.82) is 0 Å². The molecule has 3 atom stereocenters. The molecule has 1 aromatic carbocycles. The van der Waals surface area contributed by atoms with E-state index in [0.29, 0.717) is 34.7 Å². The second kappa shape index (κ2) is 5.35. The highest BCUT2D eigenvalue weighted by Gasteiger charge is 2.53. The number of H-pyrrole nitrogens is 1. The normalized spacial score (nSPS) is 24.2. The van der Waals surface area contributed by atoms with Crippen molar-refractivity contribution in [3.05, 3.63) is 45.7 Å². The Bertz CT molecular complexity index is 907. The Balaban J connectivity index is 1.65. The summed E-state index contributed by atoms with van der Waals surface area (Å²) >= 11 is 0. The molecule has 7 heteroatoms. The Morgan fingerprint density at radius 2 is 1.84 bits per heavy atom. The van der Waals surface area contributed by atoms with Crippen molar-refractivity contribution in [3.8, 4) is 17.0 Å². The van der Waals surface area contributed by atoms with Crippen LogP contribution in [0.5, 0.6) is 5.75 Å². The molecule has 0 spiro atoms. The number of rotatable bonds is 3. The molecule has 0 unspecified atom stereocenters. The Hall–Kier alpha value is -2.80. The second-order valence-electron chi connectivity index (χ2n) is 6.84. The molecule has 1 aliphatic heterocycles. The average Bonchev–Trinajstić information content (AvgIpc) is 2.98. The van der Waals surface area contributed by atoms with Gasteiger partial charge >= 0.3 is 5.97 Å². The number of carbonyl (C=O) groups is 1. The van der Waals surface area contributed by atoms with Gasteiger partial charge in [-0.05, 0) is 36.5 Å². The fourth-order valence-electron chi connectivity index (χ4n) is 3.79. The van der Waals surface area contributed by atoms with Crippen molar-refractivity contribution in [2.45, 2.75) is 13.0 Å². The van der Waals surface area contributed by atoms with Crippen LogP contribution in [0.2, 0.25) is 0 Å². The standard InChI is InChI=1S/C18H19N3O4/c1-8-15(20-17(23)13(16(8)22)18(24)25)9-2-4-10(5-3-9)21-6-11-12(7-21)14(11)19/h2-5,11-12,14H,6-7,19H2,1H3,(H,24,25)(H2,20,22,23)/t11-,12+,14-. The van der Waals surface area contributed by atoms with Gasteiger partial charge < -0.3 is 25.8 Å². The van der Waals surface area contributed by atoms with Crippen LogP contribution < -0.4 is 16.2 Å². The van der Waals surface area contributed by atoms with E-state index in [0.717, 1.165) is 18.8 Å². The second-order valence-corrected chi connectivity index (χ2v) is 6.84. The highest BCUT2D eigenvalue weighted by atomic mass is 16.4. The quantitative estimate of drug-likeness (QED) is 0.665. The minimum atomic E-state index is -1.45. The number of piperidine rings is 1. The number of aromatic amines is 1. The van der Waals surface area contributed by atoms with E-state index in [2.05, 4.69) is 9.88 Å². The number of aromatic nitrogens is 1. The van der Waals surface area contributed by atoms with Gasteiger partial charge in [0.05, 0.1) is 5.69 Å². The molecule has 2 fully saturated rings. The van der Waals surface area contributed by atoms with Crippen LogP contribution >= 0.6 is 0 Å². The molecule has 1 aliphatic carbocycles. The third-order valence-corrected chi connectivity index (χ3v) is 5.43. The van der Waals surface area contributed by atoms with Crippen molar-refractivity contribution in [2.24, 2.45) is 17.6 Å². The fraction of sp³-hybridized carbons (Fsp3) is 0.333. The Labute approximate surface area is 143 Å². The van der Waals surface area contributed by atoms with Gasteiger partial charge in [0.2, 0.25) is 0 Å². The molecular weight excluding hydrogens is 322 g/mol. The zero-order valence-corrected chi connectivity index (χ0v) is 13.7. The van der Waals surface area contributed by atoms with Gasteiger partial charge in [0.1, 0.15) is 5.75 Å². The van der Waals surface area contributed by atoms with Gasteiger partial charge in [0.25, 0.3) is 5.56 Å². The third kappa shape index (κ3) is 2.39. The number of nitrogens with one attached hydrogen (secondary N) is 1. The smallest absolute Gasteiger partial charge is 0.345 e. The first-order valence-corrected chi connectivity index (χ1v) is 8.18. The number of hydrogen-bond donors (Lipinski definition) is 4. The molecule has 2 aliphatic rings. The molecule has 0 radical (unpaired) electrons. The van der Waals surface area contributed by atoms with Crippen molar-refractivity contribution < 1.29 is 15.0 Å². The predicted octanol–water partition coefficient (Wildman–Crippen LogP) is 1.15. The van der Waals surface area contributed by atoms with Crippen molar-refractivity contribution in [3.63, 3.8) is 0 Å². The zero-order chi connectivity index (χ0) is 17.9. The maximum absolute atomic E-state index is 12.0. The summed E-state index contributed by atoms with van der Waals surface area (Å²) < 4.78 is 0. The van der Waals surface area contributed by atoms with Crippen LogP contribution in [0, 0.1) is 18.8 Å². The average molecular weight is 341 g/mol. The minimum Gasteiger partial charge on any atom is -0.506 e. The Morgan fingerprint density at radius 1 is 1.24 bits per heavy atom. The lowest BCUT2D eigenvalue weighted by atomic mass is 10.0. The molecule has 5 N–H and O–H groups in total. The maximum atomic E-state index is 12.0. The van der Waals surface area contributed by atoms with Gasteiger partial charge in [0.15, 0.2) is 5.56 Å². The van der Waals surface area contributed by atoms with Crippen LogP contribution in [0.1, 0.15) is 15.9 Å². The highest BCUT2D eigenvalue weighted by molar-refractivity contribution is 5.91. The van der Waals surface area contributed by atoms with Gasteiger partial charge in [0, 0.05) is 30.4 Å². The molecular formula is C18H19N3O4. The number of benzene rings is 1. The van der Waals surface area contributed by atoms with Crippen LogP contribution in [0.15, 0.2) is 29.1 Å². The number of pyridine rings is 1. The van der Waals surface area contributed by atoms with Gasteiger partial charge in [-0.25, -0.2) is 4.79 Å². The van der Waals surface area contributed by atoms with Crippen LogP contribution in [0.3, 0.4) is 0 Å². The van der Waals surface area contributed by atoms with Crippen molar-refractivity contribution in [2.75, 3.05) is 18.0 Å². The first kappa shape index (κ1) is 15.7. The monoisotopic (exact) mass is 341 g/mol. The molecule has 4 rings (SSSR count). The van der Waals surface area contributed by atoms with Gasteiger partial charge in [-0.2, -0.15) is 0 Å². The zero-order valence-electron chi connectivity index (χ0n) is 13.7. The summed E-state index contributed by atoms with van der Waals surface area (Å²) in [6, 6.07) is 7.99. The summed E-state index contributed by atoms with van der Waals surface area (Å²) in [5.41, 5.74) is 7.07. The summed E-state index contributed by atoms with van der Waals surface area (Å²) in [7, 11) is 0. The number of aromatic carboxylic acids is 1. The Kier molecular flexibility index (Phi) is 3.36. The molecule has 25 heavy (non-hydrogen) atoms. The molecule has 1 aromatic heterocycles. The molecule has 0 amide bonds. The van der Waals surface area contributed by atoms with Crippen molar-refractivity contribution in [1.82, 2.24) is 4.98 Å². The van der Waals surface area contributed by atoms with Crippen LogP contribution in [0.4, 0.5) is 5.69 Å². The minimum absolute atomic E-state index is 0.332. The number of anilines is 1. The largest absolute Gasteiger partial charge is 0.506 e. The number of nitrogens with two attached hydrogens (primary N) is 1. The topological polar surface area (TPSA) is 120 Å². The third-order valence-electron chi connectivity index (χ3n) is 5.43. The number of carboxylic acid groups (broad SMARTS) is 1. The van der Waals surface area contributed by atoms with E-state index in [-0.39, 0.29) is 0 Å². The lowest BCUT2D eigenvalue weighted by Crippen LogP contribution is -2.27. The summed E-state index contributed by atoms with van der Waals surface area (Å²) in [5, 5.41) is 19.1. The molecule has 0 bridgehead atoms. The number of hydrogen-bond acceptors (Lipinski definition) is 5. The van der Waals surface area contributed by atoms with Crippen LogP contribution in [-0.4, -0.2) is 40.3 Å². The summed E-state index contributed by atoms with van der Waals surface area (Å²) in [6.45, 7) is 3.51. The first-order valence-electron chi connectivity index (χ1n) is 8.18. The first-order chi connectivity index (χ1) is 11.9. The maximum Gasteiger partial charge on any atom is 0.345 e. The van der Waals surface area contributed by atoms with E-state index in [1.165, 1.54) is 0 Å². The number of carboxylic acids is 1. The van der Waals surface area contributed by atoms with Crippen LogP contribution in [-0.2, 0) is 0 Å². The predicted molar refractivity (Wildman–Crippen MR) is 93.0 cm³/mol. The van der Waals surface area contributed by atoms with Gasteiger partial charge in [-0.1, -0.05) is 12.1 Å². The summed E-state index contributed by atoms with van der Waals surface area (Å²) in [5.74, 6) is -0.754. The molecule has 2 heterocycles. The van der Waals surface area contributed by atoms with Gasteiger partial charge in [-0.3, -0.25) is 4.79 Å². The lowest BCUT2D eigenvalue weighted by Gasteiger charge is -2.21. The molecule has 130 valence electrons. The van der Waals surface area contributed by atoms with Crippen molar-refractivity contribution >= 4 is 11.7 Å². The Morgan fingerprint density at radius 3 is 2.40 bits per heavy atom. The molecule has 7 nitrogen and oxygen atoms in total. The van der Waals surface area contributed by atoms with E-state index in [1.807, 2.05) is 24.3 Å². The highest BCUT2D eigenvalue weighted by Crippen LogP contribution is 2.45. The molecule has 2 aromatic rings. The van der Waals surface area contributed by atoms with E-state index in [4.69, 9.17) is 10.8 Å². The number of nitrogens with zero attached hydrogens (tertiary/aromatic N) is 1. The number of aromatic hydroxyl groups is 1. The van der Waals surface area contributed by atoms with E-state index < -0.39 is 22.8 Å². The summed E-state index contributed by atoms with van der Waals surface area (Å²) in [4.78, 5) is 27.9. The van der Waals surface area contributed by atoms with E-state index in [1.54, 1.807) is 6.92 Å². The van der Waals surface area contributed by atoms with E-state index >= 15 is 0 Å². The van der Waals surface area contributed by atoms with E-state index in [9.17, 15) is 14.7 Å². The van der Waals surface area contributed by atoms with Crippen LogP contribution in [0.25, 0.3) is 11.3 Å². The molecule has 1 saturated carbocycles. The summed E-state index contributed by atoms with van der Waals surface area (Å²) in [6.07, 6.45) is 0. The lowest BCUT2D eigenvalue weighted by molar-refractivity contribution is 0.0691. The number of fused-ring (bicyclic) bond motifs is 1. The molecule has 1 saturated heterocycles. The fourth-order valence-corrected chi connectivity index (χ4v) is 3.79. The van der Waals surface area contributed by atoms with Gasteiger partial charge in [-0.15, -0.1) is 0 Å².